The molecule has 0 saturated heterocycles. The van der Waals surface area contributed by atoms with E-state index in [9.17, 15) is 4.79 Å². The molecule has 0 saturated carbocycles. The molecule has 2 rings (SSSR count). The average molecular weight is 220 g/mol. The number of aromatic amines is 1. The number of thiazole rings is 1. The number of rotatable bonds is 3. The van der Waals surface area contributed by atoms with Crippen molar-refractivity contribution in [3.05, 3.63) is 56.6 Å². The fourth-order valence-electron chi connectivity index (χ4n) is 1.47. The molecule has 78 valence electrons. The molecule has 1 aromatic carbocycles. The van der Waals surface area contributed by atoms with E-state index < -0.39 is 0 Å². The molecule has 1 unspecified atom stereocenters. The molecule has 1 heterocycles. The predicted octanol–water partition coefficient (Wildman–Crippen LogP) is 1.68. The Balaban J connectivity index is 2.10. The fourth-order valence-corrected chi connectivity index (χ4v) is 2.06. The van der Waals surface area contributed by atoms with E-state index in [0.717, 1.165) is 11.3 Å². The van der Waals surface area contributed by atoms with Crippen LogP contribution in [0.2, 0.25) is 0 Å². The van der Waals surface area contributed by atoms with Crippen LogP contribution in [0, 0.1) is 0 Å². The van der Waals surface area contributed by atoms with Crippen molar-refractivity contribution in [2.24, 2.45) is 5.73 Å². The summed E-state index contributed by atoms with van der Waals surface area (Å²) in [5, 5.41) is 1.82. The first kappa shape index (κ1) is 10.1. The number of hydrogen-bond donors (Lipinski definition) is 2. The molecule has 3 N–H and O–H groups in total. The van der Waals surface area contributed by atoms with E-state index in [1.165, 1.54) is 11.3 Å². The molecule has 0 spiro atoms. The smallest absolute Gasteiger partial charge is 0.304 e. The van der Waals surface area contributed by atoms with Crippen LogP contribution in [0.5, 0.6) is 0 Å². The van der Waals surface area contributed by atoms with Gasteiger partial charge in [-0.2, -0.15) is 0 Å². The van der Waals surface area contributed by atoms with Crippen LogP contribution in [-0.2, 0) is 6.42 Å². The van der Waals surface area contributed by atoms with E-state index in [0.29, 0.717) is 6.42 Å². The van der Waals surface area contributed by atoms with Crippen LogP contribution in [0.25, 0.3) is 0 Å². The van der Waals surface area contributed by atoms with Gasteiger partial charge in [-0.05, 0) is 5.56 Å². The highest BCUT2D eigenvalue weighted by atomic mass is 32.1. The Bertz CT molecular complexity index is 475. The zero-order valence-corrected chi connectivity index (χ0v) is 8.96. The number of benzene rings is 1. The first-order chi connectivity index (χ1) is 7.25. The van der Waals surface area contributed by atoms with Crippen LogP contribution in [-0.4, -0.2) is 4.98 Å². The van der Waals surface area contributed by atoms with E-state index in [1.54, 1.807) is 0 Å². The van der Waals surface area contributed by atoms with Gasteiger partial charge in [0.1, 0.15) is 0 Å². The lowest BCUT2D eigenvalue weighted by atomic mass is 10.0. The second-order valence-corrected chi connectivity index (χ2v) is 4.24. The normalized spacial score (nSPS) is 12.6. The maximum Gasteiger partial charge on any atom is 0.304 e. The van der Waals surface area contributed by atoms with Crippen LogP contribution in [0.4, 0.5) is 0 Å². The molecule has 0 aliphatic rings. The van der Waals surface area contributed by atoms with Crippen molar-refractivity contribution in [1.29, 1.82) is 0 Å². The predicted molar refractivity (Wildman–Crippen MR) is 62.0 cm³/mol. The second kappa shape index (κ2) is 4.42. The lowest BCUT2D eigenvalue weighted by Crippen LogP contribution is -2.14. The van der Waals surface area contributed by atoms with Crippen LogP contribution in [0.1, 0.15) is 17.3 Å². The molecule has 2 aromatic rings. The third kappa shape index (κ3) is 2.55. The van der Waals surface area contributed by atoms with Crippen molar-refractivity contribution in [3.63, 3.8) is 0 Å². The molecule has 3 nitrogen and oxygen atoms in total. The summed E-state index contributed by atoms with van der Waals surface area (Å²) in [5.74, 6) is 0. The van der Waals surface area contributed by atoms with Gasteiger partial charge in [-0.25, -0.2) is 0 Å². The highest BCUT2D eigenvalue weighted by Gasteiger charge is 2.07. The van der Waals surface area contributed by atoms with Crippen molar-refractivity contribution in [3.8, 4) is 0 Å². The van der Waals surface area contributed by atoms with Crippen LogP contribution in [0.15, 0.2) is 40.5 Å². The third-order valence-electron chi connectivity index (χ3n) is 2.24. The summed E-state index contributed by atoms with van der Waals surface area (Å²) in [4.78, 5) is 13.7. The summed E-state index contributed by atoms with van der Waals surface area (Å²) >= 11 is 1.17. The maximum absolute atomic E-state index is 10.9. The Labute approximate surface area is 91.6 Å². The minimum atomic E-state index is -0.0588. The van der Waals surface area contributed by atoms with Crippen LogP contribution >= 0.6 is 11.3 Å². The highest BCUT2D eigenvalue weighted by Crippen LogP contribution is 2.14. The number of H-pyrrole nitrogens is 1. The number of nitrogens with two attached hydrogens (primary N) is 1. The Hall–Kier alpha value is -1.39. The summed E-state index contributed by atoms with van der Waals surface area (Å²) < 4.78 is 0. The lowest BCUT2D eigenvalue weighted by Gasteiger charge is -2.09. The molecule has 15 heavy (non-hydrogen) atoms. The monoisotopic (exact) mass is 220 g/mol. The van der Waals surface area contributed by atoms with Crippen LogP contribution in [0.3, 0.4) is 0 Å². The lowest BCUT2D eigenvalue weighted by molar-refractivity contribution is 0.709. The molecule has 0 amide bonds. The highest BCUT2D eigenvalue weighted by molar-refractivity contribution is 7.07. The van der Waals surface area contributed by atoms with Gasteiger partial charge in [0.05, 0.1) is 0 Å². The number of hydrogen-bond acceptors (Lipinski definition) is 3. The minimum Gasteiger partial charge on any atom is -0.324 e. The Morgan fingerprint density at radius 2 is 2.07 bits per heavy atom. The van der Waals surface area contributed by atoms with Crippen molar-refractivity contribution < 1.29 is 0 Å². The Kier molecular flexibility index (Phi) is 2.99. The van der Waals surface area contributed by atoms with E-state index in [-0.39, 0.29) is 10.9 Å². The summed E-state index contributed by atoms with van der Waals surface area (Å²) in [7, 11) is 0. The van der Waals surface area contributed by atoms with Crippen molar-refractivity contribution in [2.75, 3.05) is 0 Å². The molecular formula is C11H12N2OS. The van der Waals surface area contributed by atoms with Gasteiger partial charge in [0.2, 0.25) is 0 Å². The van der Waals surface area contributed by atoms with E-state index in [1.807, 2.05) is 35.7 Å². The zero-order valence-electron chi connectivity index (χ0n) is 8.14. The Morgan fingerprint density at radius 3 is 2.67 bits per heavy atom. The molecule has 0 aliphatic carbocycles. The summed E-state index contributed by atoms with van der Waals surface area (Å²) in [6, 6.07) is 9.82. The largest absolute Gasteiger partial charge is 0.324 e. The van der Waals surface area contributed by atoms with Gasteiger partial charge in [-0.1, -0.05) is 41.7 Å². The van der Waals surface area contributed by atoms with E-state index in [2.05, 4.69) is 4.98 Å². The van der Waals surface area contributed by atoms with Gasteiger partial charge in [0, 0.05) is 23.5 Å². The van der Waals surface area contributed by atoms with Crippen molar-refractivity contribution in [2.45, 2.75) is 12.5 Å². The molecule has 0 radical (unpaired) electrons. The Morgan fingerprint density at radius 1 is 1.33 bits per heavy atom. The number of nitrogens with one attached hydrogen (secondary N) is 1. The van der Waals surface area contributed by atoms with Gasteiger partial charge in [0.15, 0.2) is 0 Å². The van der Waals surface area contributed by atoms with Gasteiger partial charge in [-0.15, -0.1) is 0 Å². The maximum atomic E-state index is 10.9. The quantitative estimate of drug-likeness (QED) is 0.826. The topological polar surface area (TPSA) is 58.9 Å². The molecule has 0 fully saturated rings. The first-order valence-electron chi connectivity index (χ1n) is 4.73. The summed E-state index contributed by atoms with van der Waals surface area (Å²) in [5.41, 5.74) is 8.01. The standard InChI is InChI=1S/C11H12N2OS/c12-10(8-4-2-1-3-5-8)6-9-7-15-11(14)13-9/h1-5,7,10H,6,12H2,(H,13,14). The first-order valence-corrected chi connectivity index (χ1v) is 5.61. The SMILES string of the molecule is NC(Cc1csc(=O)[nH]1)c1ccccc1. The average Bonchev–Trinajstić information content (AvgIpc) is 2.65. The summed E-state index contributed by atoms with van der Waals surface area (Å²) in [6.45, 7) is 0. The van der Waals surface area contributed by atoms with Gasteiger partial charge < -0.3 is 10.7 Å². The molecule has 0 bridgehead atoms. The minimum absolute atomic E-state index is 0.0229. The third-order valence-corrected chi connectivity index (χ3v) is 2.96. The molecule has 4 heteroatoms. The fraction of sp³-hybridized carbons (Fsp3) is 0.182. The van der Waals surface area contributed by atoms with Crippen LogP contribution < -0.4 is 10.6 Å². The zero-order chi connectivity index (χ0) is 10.7. The molecule has 1 atom stereocenters. The van der Waals surface area contributed by atoms with E-state index in [4.69, 9.17) is 5.73 Å². The summed E-state index contributed by atoms with van der Waals surface area (Å²) in [6.07, 6.45) is 0.669. The number of aromatic nitrogens is 1. The second-order valence-electron chi connectivity index (χ2n) is 3.39. The van der Waals surface area contributed by atoms with Gasteiger partial charge in [0.25, 0.3) is 0 Å². The van der Waals surface area contributed by atoms with E-state index >= 15 is 0 Å². The molecule has 0 aliphatic heterocycles. The van der Waals surface area contributed by atoms with Crippen molar-refractivity contribution >= 4 is 11.3 Å². The van der Waals surface area contributed by atoms with Crippen molar-refractivity contribution in [1.82, 2.24) is 4.98 Å². The molecule has 1 aromatic heterocycles. The van der Waals surface area contributed by atoms with Gasteiger partial charge >= 0.3 is 4.87 Å². The molecular weight excluding hydrogens is 208 g/mol. The van der Waals surface area contributed by atoms with Gasteiger partial charge in [-0.3, -0.25) is 4.79 Å².